The van der Waals surface area contributed by atoms with Gasteiger partial charge in [0.2, 0.25) is 0 Å². The number of methoxy groups -OCH3 is 2. The molecule has 0 aliphatic rings. The molecule has 4 rings (SSSR count). The molecule has 0 aliphatic heterocycles. The molecule has 5 nitrogen and oxygen atoms in total. The largest absolute Gasteiger partial charge is 0.496 e. The van der Waals surface area contributed by atoms with E-state index in [4.69, 9.17) is 21.1 Å². The van der Waals surface area contributed by atoms with Gasteiger partial charge in [-0.3, -0.25) is 9.88 Å². The van der Waals surface area contributed by atoms with E-state index in [0.29, 0.717) is 5.02 Å². The first-order valence-electron chi connectivity index (χ1n) is 12.3. The average Bonchev–Trinajstić information content (AvgIpc) is 2.83. The Labute approximate surface area is 219 Å². The highest BCUT2D eigenvalue weighted by Gasteiger charge is 2.23. The van der Waals surface area contributed by atoms with Crippen LogP contribution in [0.1, 0.15) is 31.9 Å². The molecule has 1 heterocycles. The van der Waals surface area contributed by atoms with Crippen LogP contribution in [0.5, 0.6) is 11.5 Å². The number of rotatable bonds is 9. The topological polar surface area (TPSA) is 46.6 Å². The van der Waals surface area contributed by atoms with Crippen LogP contribution in [0, 0.1) is 12.3 Å². The number of hydrogen-bond donors (Lipinski definition) is 1. The third-order valence-electron chi connectivity index (χ3n) is 6.42. The first-order valence-corrected chi connectivity index (χ1v) is 12.7. The van der Waals surface area contributed by atoms with Crippen molar-refractivity contribution in [2.24, 2.45) is 5.41 Å². The van der Waals surface area contributed by atoms with Crippen molar-refractivity contribution in [1.29, 1.82) is 0 Å². The summed E-state index contributed by atoms with van der Waals surface area (Å²) in [4.78, 5) is 6.95. The minimum Gasteiger partial charge on any atom is -0.496 e. The number of fused-ring (bicyclic) bond motifs is 2. The third kappa shape index (κ3) is 5.69. The summed E-state index contributed by atoms with van der Waals surface area (Å²) in [6.07, 6.45) is 1.82. The van der Waals surface area contributed by atoms with Gasteiger partial charge in [-0.15, -0.1) is 0 Å². The Morgan fingerprint density at radius 3 is 2.31 bits per heavy atom. The van der Waals surface area contributed by atoms with Gasteiger partial charge in [-0.2, -0.15) is 0 Å². The van der Waals surface area contributed by atoms with Gasteiger partial charge in [0.15, 0.2) is 0 Å². The van der Waals surface area contributed by atoms with Crippen LogP contribution < -0.4 is 14.8 Å². The summed E-state index contributed by atoms with van der Waals surface area (Å²) in [6.45, 7) is 12.3. The highest BCUT2D eigenvalue weighted by atomic mass is 35.5. The maximum atomic E-state index is 6.16. The zero-order valence-corrected chi connectivity index (χ0v) is 22.9. The van der Waals surface area contributed by atoms with Gasteiger partial charge in [-0.05, 0) is 42.2 Å². The molecule has 0 atom stereocenters. The Morgan fingerprint density at radius 2 is 1.64 bits per heavy atom. The molecule has 0 fully saturated rings. The lowest BCUT2D eigenvalue weighted by molar-refractivity contribution is 0.188. The van der Waals surface area contributed by atoms with Gasteiger partial charge in [0.05, 0.1) is 19.7 Å². The molecule has 0 amide bonds. The molecule has 1 N–H and O–H groups in total. The average molecular weight is 506 g/mol. The highest BCUT2D eigenvalue weighted by Crippen LogP contribution is 2.41. The molecule has 3 aromatic carbocycles. The lowest BCUT2D eigenvalue weighted by Crippen LogP contribution is -2.36. The summed E-state index contributed by atoms with van der Waals surface area (Å²) < 4.78 is 11.9. The lowest BCUT2D eigenvalue weighted by Gasteiger charge is -2.31. The molecular weight excluding hydrogens is 470 g/mol. The van der Waals surface area contributed by atoms with E-state index in [-0.39, 0.29) is 5.41 Å². The molecule has 0 spiro atoms. The first-order chi connectivity index (χ1) is 17.2. The molecule has 0 radical (unpaired) electrons. The summed E-state index contributed by atoms with van der Waals surface area (Å²) in [6, 6.07) is 16.1. The fourth-order valence-corrected chi connectivity index (χ4v) is 5.14. The summed E-state index contributed by atoms with van der Waals surface area (Å²) in [5.41, 5.74) is 4.39. The van der Waals surface area contributed by atoms with Gasteiger partial charge < -0.3 is 14.8 Å². The maximum Gasteiger partial charge on any atom is 0.131 e. The monoisotopic (exact) mass is 505 g/mol. The van der Waals surface area contributed by atoms with Crippen LogP contribution in [0.4, 0.5) is 5.69 Å². The van der Waals surface area contributed by atoms with Crippen molar-refractivity contribution in [3.05, 3.63) is 70.9 Å². The summed E-state index contributed by atoms with van der Waals surface area (Å²) in [5.74, 6) is 1.84. The Morgan fingerprint density at radius 1 is 0.944 bits per heavy atom. The van der Waals surface area contributed by atoms with Crippen LogP contribution in [-0.4, -0.2) is 43.7 Å². The van der Waals surface area contributed by atoms with Gasteiger partial charge >= 0.3 is 0 Å². The van der Waals surface area contributed by atoms with E-state index in [1.54, 1.807) is 14.2 Å². The molecule has 6 heteroatoms. The van der Waals surface area contributed by atoms with Crippen molar-refractivity contribution in [2.75, 3.05) is 39.2 Å². The van der Waals surface area contributed by atoms with E-state index in [2.05, 4.69) is 55.0 Å². The number of aromatic nitrogens is 1. The lowest BCUT2D eigenvalue weighted by atomic mass is 9.94. The van der Waals surface area contributed by atoms with Crippen LogP contribution in [-0.2, 0) is 6.54 Å². The maximum absolute atomic E-state index is 6.16. The number of benzene rings is 3. The Balaban J connectivity index is 1.62. The van der Waals surface area contributed by atoms with Crippen molar-refractivity contribution in [3.8, 4) is 11.5 Å². The molecule has 0 bridgehead atoms. The van der Waals surface area contributed by atoms with Crippen molar-refractivity contribution < 1.29 is 9.47 Å². The number of hydrogen-bond acceptors (Lipinski definition) is 5. The van der Waals surface area contributed by atoms with Crippen molar-refractivity contribution in [1.82, 2.24) is 9.88 Å². The normalized spacial score (nSPS) is 11.9. The second-order valence-electron chi connectivity index (χ2n) is 10.4. The van der Waals surface area contributed by atoms with Gasteiger partial charge in [0.1, 0.15) is 11.5 Å². The molecule has 4 aromatic rings. The molecule has 0 saturated heterocycles. The molecule has 0 unspecified atom stereocenters. The predicted molar refractivity (Wildman–Crippen MR) is 152 cm³/mol. The fourth-order valence-electron chi connectivity index (χ4n) is 4.97. The molecule has 1 aromatic heterocycles. The van der Waals surface area contributed by atoms with Crippen LogP contribution >= 0.6 is 11.6 Å². The number of anilines is 1. The van der Waals surface area contributed by atoms with Crippen LogP contribution in [0.15, 0.2) is 54.7 Å². The number of ether oxygens (including phenoxy) is 2. The zero-order valence-electron chi connectivity index (χ0n) is 22.1. The van der Waals surface area contributed by atoms with Gasteiger partial charge in [0, 0.05) is 64.8 Å². The van der Waals surface area contributed by atoms with Gasteiger partial charge in [-0.25, -0.2) is 0 Å². The zero-order chi connectivity index (χ0) is 25.9. The third-order valence-corrected chi connectivity index (χ3v) is 6.65. The van der Waals surface area contributed by atoms with Crippen LogP contribution in [0.2, 0.25) is 5.02 Å². The smallest absolute Gasteiger partial charge is 0.131 e. The van der Waals surface area contributed by atoms with Crippen LogP contribution in [0.25, 0.3) is 21.7 Å². The minimum absolute atomic E-state index is 0.141. The number of halogens is 1. The second kappa shape index (κ2) is 10.9. The SMILES string of the molecule is COc1c(C)c(CN(CCNc2ccnc3cc(Cl)ccc23)CC(C)(C)C)c(OC)c2ccccc12. The van der Waals surface area contributed by atoms with Crippen molar-refractivity contribution >= 4 is 39.0 Å². The van der Waals surface area contributed by atoms with Crippen molar-refractivity contribution in [2.45, 2.75) is 34.2 Å². The Hall–Kier alpha value is -3.02. The molecule has 0 aliphatic carbocycles. The van der Waals surface area contributed by atoms with Gasteiger partial charge in [0.25, 0.3) is 0 Å². The van der Waals surface area contributed by atoms with E-state index in [9.17, 15) is 0 Å². The van der Waals surface area contributed by atoms with E-state index in [1.807, 2.05) is 42.6 Å². The summed E-state index contributed by atoms with van der Waals surface area (Å²) >= 11 is 6.16. The predicted octanol–water partition coefficient (Wildman–Crippen LogP) is 7.33. The number of nitrogens with one attached hydrogen (secondary N) is 1. The van der Waals surface area contributed by atoms with Gasteiger partial charge in [-0.1, -0.05) is 56.6 Å². The van der Waals surface area contributed by atoms with Crippen LogP contribution in [0.3, 0.4) is 0 Å². The fraction of sp³-hybridized carbons (Fsp3) is 0.367. The molecule has 0 saturated carbocycles. The summed E-state index contributed by atoms with van der Waals surface area (Å²) in [7, 11) is 3.50. The highest BCUT2D eigenvalue weighted by molar-refractivity contribution is 6.31. The molecule has 36 heavy (non-hydrogen) atoms. The molecular formula is C30H36ClN3O2. The van der Waals surface area contributed by atoms with E-state index in [0.717, 1.165) is 70.6 Å². The Bertz CT molecular complexity index is 1360. The quantitative estimate of drug-likeness (QED) is 0.258. The minimum atomic E-state index is 0.141. The van der Waals surface area contributed by atoms with E-state index >= 15 is 0 Å². The number of nitrogens with zero attached hydrogens (tertiary/aromatic N) is 2. The second-order valence-corrected chi connectivity index (χ2v) is 10.9. The Kier molecular flexibility index (Phi) is 7.91. The molecule has 190 valence electrons. The van der Waals surface area contributed by atoms with E-state index < -0.39 is 0 Å². The standard InChI is InChI=1S/C30H36ClN3O2/c1-20-25(29(36-6)23-10-8-7-9-22(23)28(20)35-5)18-34(19-30(2,3)4)16-15-33-26-13-14-32-27-17-21(31)11-12-24(26)27/h7-14,17H,15-16,18-19H2,1-6H3,(H,32,33). The first kappa shape index (κ1) is 26.1. The summed E-state index contributed by atoms with van der Waals surface area (Å²) in [5, 5.41) is 7.54. The van der Waals surface area contributed by atoms with E-state index in [1.165, 1.54) is 5.56 Å². The van der Waals surface area contributed by atoms with Crippen molar-refractivity contribution in [3.63, 3.8) is 0 Å². The number of pyridine rings is 1.